The summed E-state index contributed by atoms with van der Waals surface area (Å²) in [4.78, 5) is 22.0. The van der Waals surface area contributed by atoms with Gasteiger partial charge in [0.05, 0.1) is 17.8 Å². The summed E-state index contributed by atoms with van der Waals surface area (Å²) in [5.74, 6) is 2.16. The van der Waals surface area contributed by atoms with Crippen LogP contribution in [0.4, 0.5) is 11.6 Å². The molecule has 9 heteroatoms. The number of fused-ring (bicyclic) bond motifs is 1. The SMILES string of the molecule is Nc1nn2cc(-c3ccc(NCCCC4=NCC=N4)nc3)cnc2c1-c1ccccn1. The van der Waals surface area contributed by atoms with Crippen molar-refractivity contribution < 1.29 is 0 Å². The number of nitrogens with two attached hydrogens (primary N) is 1. The second-order valence-corrected chi connectivity index (χ2v) is 7.12. The molecule has 0 saturated carbocycles. The van der Waals surface area contributed by atoms with E-state index in [1.165, 1.54) is 0 Å². The number of amidine groups is 1. The Labute approximate surface area is 178 Å². The molecule has 5 rings (SSSR count). The minimum absolute atomic E-state index is 0.398. The first kappa shape index (κ1) is 18.9. The predicted octanol–water partition coefficient (Wildman–Crippen LogP) is 3.11. The monoisotopic (exact) mass is 411 g/mol. The average molecular weight is 411 g/mol. The highest BCUT2D eigenvalue weighted by Gasteiger charge is 2.15. The van der Waals surface area contributed by atoms with E-state index in [9.17, 15) is 0 Å². The first-order chi connectivity index (χ1) is 15.3. The lowest BCUT2D eigenvalue weighted by molar-refractivity contribution is 0.903. The molecule has 0 saturated heterocycles. The second kappa shape index (κ2) is 8.31. The first-order valence-electron chi connectivity index (χ1n) is 10.1. The van der Waals surface area contributed by atoms with Crippen molar-refractivity contribution >= 4 is 29.3 Å². The summed E-state index contributed by atoms with van der Waals surface area (Å²) in [5, 5.41) is 7.75. The Kier molecular flexibility index (Phi) is 5.05. The number of rotatable bonds is 7. The van der Waals surface area contributed by atoms with Crippen LogP contribution in [0.3, 0.4) is 0 Å². The molecule has 4 aromatic rings. The van der Waals surface area contributed by atoms with Gasteiger partial charge in [0, 0.05) is 55.1 Å². The van der Waals surface area contributed by atoms with E-state index >= 15 is 0 Å². The molecule has 0 aliphatic carbocycles. The van der Waals surface area contributed by atoms with Crippen LogP contribution in [0.25, 0.3) is 28.0 Å². The standard InChI is InChI=1S/C22H21N9/c23-21-20(17-4-1-2-8-24-17)22-29-13-16(14-31(22)30-21)15-6-7-19(28-12-15)25-9-3-5-18-26-10-11-27-18/h1-2,4,6-8,10,12-14H,3,5,9,11H2,(H2,23,30)(H,25,28). The third-order valence-electron chi connectivity index (χ3n) is 5.00. The molecule has 5 heterocycles. The van der Waals surface area contributed by atoms with Crippen molar-refractivity contribution in [1.82, 2.24) is 24.6 Å². The molecule has 0 atom stereocenters. The van der Waals surface area contributed by atoms with E-state index in [1.54, 1.807) is 16.9 Å². The highest BCUT2D eigenvalue weighted by atomic mass is 15.3. The molecule has 0 unspecified atom stereocenters. The van der Waals surface area contributed by atoms with Gasteiger partial charge in [-0.05, 0) is 30.7 Å². The molecule has 0 radical (unpaired) electrons. The Morgan fingerprint density at radius 3 is 2.74 bits per heavy atom. The van der Waals surface area contributed by atoms with Gasteiger partial charge in [0.1, 0.15) is 11.7 Å². The van der Waals surface area contributed by atoms with Gasteiger partial charge < -0.3 is 11.1 Å². The van der Waals surface area contributed by atoms with Gasteiger partial charge in [0.15, 0.2) is 11.5 Å². The number of pyridine rings is 2. The number of hydrogen-bond donors (Lipinski definition) is 2. The van der Waals surface area contributed by atoms with Crippen molar-refractivity contribution in [1.29, 1.82) is 0 Å². The van der Waals surface area contributed by atoms with Crippen LogP contribution in [0.1, 0.15) is 12.8 Å². The van der Waals surface area contributed by atoms with E-state index in [-0.39, 0.29) is 0 Å². The maximum atomic E-state index is 6.14. The zero-order valence-electron chi connectivity index (χ0n) is 16.8. The topological polar surface area (TPSA) is 119 Å². The highest BCUT2D eigenvalue weighted by molar-refractivity contribution is 5.94. The van der Waals surface area contributed by atoms with Gasteiger partial charge in [-0.2, -0.15) is 0 Å². The largest absolute Gasteiger partial charge is 0.382 e. The molecule has 0 aromatic carbocycles. The van der Waals surface area contributed by atoms with Crippen LogP contribution in [-0.4, -0.2) is 49.7 Å². The fourth-order valence-electron chi connectivity index (χ4n) is 3.47. The summed E-state index contributed by atoms with van der Waals surface area (Å²) in [6.45, 7) is 1.53. The van der Waals surface area contributed by atoms with Gasteiger partial charge in [-0.1, -0.05) is 6.07 Å². The molecule has 9 nitrogen and oxygen atoms in total. The maximum Gasteiger partial charge on any atom is 0.166 e. The van der Waals surface area contributed by atoms with Gasteiger partial charge in [0.25, 0.3) is 0 Å². The third-order valence-corrected chi connectivity index (χ3v) is 5.00. The molecule has 1 aliphatic rings. The minimum Gasteiger partial charge on any atom is -0.382 e. The third kappa shape index (κ3) is 3.97. The van der Waals surface area contributed by atoms with E-state index in [2.05, 4.69) is 35.4 Å². The van der Waals surface area contributed by atoms with Gasteiger partial charge in [-0.3, -0.25) is 9.98 Å². The summed E-state index contributed by atoms with van der Waals surface area (Å²) in [6, 6.07) is 9.64. The predicted molar refractivity (Wildman–Crippen MR) is 122 cm³/mol. The number of aromatic nitrogens is 5. The van der Waals surface area contributed by atoms with E-state index in [0.29, 0.717) is 18.0 Å². The summed E-state index contributed by atoms with van der Waals surface area (Å²) in [6.07, 6.45) is 10.9. The molecule has 31 heavy (non-hydrogen) atoms. The van der Waals surface area contributed by atoms with E-state index < -0.39 is 0 Å². The molecule has 4 aromatic heterocycles. The number of nitrogens with zero attached hydrogens (tertiary/aromatic N) is 7. The molecule has 3 N–H and O–H groups in total. The molecule has 0 fully saturated rings. The van der Waals surface area contributed by atoms with Crippen molar-refractivity contribution in [3.05, 3.63) is 55.1 Å². The van der Waals surface area contributed by atoms with Crippen LogP contribution in [0, 0.1) is 0 Å². The summed E-state index contributed by atoms with van der Waals surface area (Å²) >= 11 is 0. The van der Waals surface area contributed by atoms with E-state index in [0.717, 1.165) is 53.4 Å². The molecule has 1 aliphatic heterocycles. The smallest absolute Gasteiger partial charge is 0.166 e. The van der Waals surface area contributed by atoms with Gasteiger partial charge in [-0.25, -0.2) is 19.5 Å². The first-order valence-corrected chi connectivity index (χ1v) is 10.1. The van der Waals surface area contributed by atoms with Gasteiger partial charge in [0.2, 0.25) is 0 Å². The fraction of sp³-hybridized carbons (Fsp3) is 0.182. The highest BCUT2D eigenvalue weighted by Crippen LogP contribution is 2.29. The number of nitrogen functional groups attached to an aromatic ring is 1. The lowest BCUT2D eigenvalue weighted by Gasteiger charge is -2.07. The molecule has 0 bridgehead atoms. The Morgan fingerprint density at radius 2 is 1.97 bits per heavy atom. The summed E-state index contributed by atoms with van der Waals surface area (Å²) in [7, 11) is 0. The van der Waals surface area contributed by atoms with Crippen LogP contribution < -0.4 is 11.1 Å². The average Bonchev–Trinajstić information content (AvgIpc) is 3.44. The number of hydrogen-bond acceptors (Lipinski definition) is 8. The van der Waals surface area contributed by atoms with Crippen molar-refractivity contribution in [2.24, 2.45) is 9.98 Å². The minimum atomic E-state index is 0.398. The van der Waals surface area contributed by atoms with Crippen LogP contribution >= 0.6 is 0 Å². The number of nitrogens with one attached hydrogen (secondary N) is 1. The van der Waals surface area contributed by atoms with Crippen molar-refractivity contribution in [2.75, 3.05) is 24.1 Å². The van der Waals surface area contributed by atoms with Crippen LogP contribution in [0.5, 0.6) is 0 Å². The zero-order chi connectivity index (χ0) is 21.0. The zero-order valence-corrected chi connectivity index (χ0v) is 16.8. The molecular weight excluding hydrogens is 390 g/mol. The Balaban J connectivity index is 1.30. The molecule has 154 valence electrons. The van der Waals surface area contributed by atoms with Crippen molar-refractivity contribution in [2.45, 2.75) is 12.8 Å². The van der Waals surface area contributed by atoms with E-state index in [4.69, 9.17) is 5.73 Å². The van der Waals surface area contributed by atoms with E-state index in [1.807, 2.05) is 48.9 Å². The van der Waals surface area contributed by atoms with Gasteiger partial charge in [-0.15, -0.1) is 5.10 Å². The van der Waals surface area contributed by atoms with Crippen LogP contribution in [0.15, 0.2) is 65.1 Å². The second-order valence-electron chi connectivity index (χ2n) is 7.12. The number of aliphatic imine (C=N–C) groups is 2. The Bertz CT molecular complexity index is 1260. The summed E-state index contributed by atoms with van der Waals surface area (Å²) in [5.41, 5.74) is 10.1. The molecular formula is C22H21N9. The van der Waals surface area contributed by atoms with Crippen LogP contribution in [0.2, 0.25) is 0 Å². The summed E-state index contributed by atoms with van der Waals surface area (Å²) < 4.78 is 1.69. The normalized spacial score (nSPS) is 13.0. The van der Waals surface area contributed by atoms with Gasteiger partial charge >= 0.3 is 0 Å². The quantitative estimate of drug-likeness (QED) is 0.451. The van der Waals surface area contributed by atoms with Crippen molar-refractivity contribution in [3.8, 4) is 22.4 Å². The van der Waals surface area contributed by atoms with Crippen LogP contribution in [-0.2, 0) is 0 Å². The Hall–Kier alpha value is -4.14. The molecule has 0 spiro atoms. The molecule has 0 amide bonds. The number of anilines is 2. The maximum absolute atomic E-state index is 6.14. The lowest BCUT2D eigenvalue weighted by Crippen LogP contribution is -2.05. The lowest BCUT2D eigenvalue weighted by atomic mass is 10.1. The fourth-order valence-corrected chi connectivity index (χ4v) is 3.47. The van der Waals surface area contributed by atoms with Crippen molar-refractivity contribution in [3.63, 3.8) is 0 Å². The Morgan fingerprint density at radius 1 is 1.03 bits per heavy atom.